The van der Waals surface area contributed by atoms with Crippen LogP contribution in [-0.4, -0.2) is 33.0 Å². The van der Waals surface area contributed by atoms with Gasteiger partial charge in [0, 0.05) is 25.8 Å². The Kier molecular flexibility index (Phi) is 3.95. The van der Waals surface area contributed by atoms with Gasteiger partial charge in [-0.1, -0.05) is 6.07 Å². The number of benzene rings is 1. The Hall–Kier alpha value is -1.59. The van der Waals surface area contributed by atoms with Crippen LogP contribution in [0.2, 0.25) is 0 Å². The molecule has 2 rings (SSSR count). The summed E-state index contributed by atoms with van der Waals surface area (Å²) in [6, 6.07) is 5.31. The van der Waals surface area contributed by atoms with E-state index in [0.29, 0.717) is 12.2 Å². The lowest BCUT2D eigenvalue weighted by molar-refractivity contribution is -0.0125. The van der Waals surface area contributed by atoms with Gasteiger partial charge in [-0.15, -0.1) is 0 Å². The Morgan fingerprint density at radius 2 is 2.41 bits per heavy atom. The summed E-state index contributed by atoms with van der Waals surface area (Å²) in [5.74, 6) is 0.331. The van der Waals surface area contributed by atoms with Gasteiger partial charge in [0.05, 0.1) is 5.56 Å². The van der Waals surface area contributed by atoms with E-state index in [2.05, 4.69) is 10.1 Å². The van der Waals surface area contributed by atoms with Gasteiger partial charge in [0.15, 0.2) is 6.79 Å². The highest BCUT2D eigenvalue weighted by molar-refractivity contribution is 5.90. The second kappa shape index (κ2) is 5.65. The fraction of sp³-hybridized carbons (Fsp3) is 0.417. The van der Waals surface area contributed by atoms with E-state index in [1.807, 2.05) is 6.07 Å². The molecule has 1 heterocycles. The van der Waals surface area contributed by atoms with E-state index in [4.69, 9.17) is 9.47 Å². The molecule has 5 nitrogen and oxygen atoms in total. The number of carbonyl (C=O) groups is 1. The van der Waals surface area contributed by atoms with E-state index < -0.39 is 5.97 Å². The number of methoxy groups -OCH3 is 1. The molecule has 92 valence electrons. The summed E-state index contributed by atoms with van der Waals surface area (Å²) in [6.07, 6.45) is 0. The molecule has 0 aromatic heterocycles. The van der Waals surface area contributed by atoms with Gasteiger partial charge in [-0.2, -0.15) is 0 Å². The molecule has 0 amide bonds. The smallest absolute Gasteiger partial charge is 0.340 e. The zero-order chi connectivity index (χ0) is 12.1. The third-order valence-electron chi connectivity index (χ3n) is 2.46. The third-order valence-corrected chi connectivity index (χ3v) is 2.46. The number of nitrogens with one attached hydrogen (secondary N) is 1. The van der Waals surface area contributed by atoms with E-state index in [0.717, 1.165) is 24.4 Å². The van der Waals surface area contributed by atoms with E-state index >= 15 is 0 Å². The summed E-state index contributed by atoms with van der Waals surface area (Å²) < 4.78 is 15.1. The Morgan fingerprint density at radius 3 is 3.24 bits per heavy atom. The summed E-state index contributed by atoms with van der Waals surface area (Å²) in [5, 5.41) is 3.23. The van der Waals surface area contributed by atoms with E-state index in [-0.39, 0.29) is 6.79 Å². The predicted molar refractivity (Wildman–Crippen MR) is 60.9 cm³/mol. The van der Waals surface area contributed by atoms with Crippen LogP contribution in [0.3, 0.4) is 0 Å². The first-order chi connectivity index (χ1) is 8.31. The second-order valence-corrected chi connectivity index (χ2v) is 3.69. The van der Waals surface area contributed by atoms with Crippen molar-refractivity contribution in [1.82, 2.24) is 5.32 Å². The first-order valence-corrected chi connectivity index (χ1v) is 5.44. The van der Waals surface area contributed by atoms with Crippen molar-refractivity contribution in [2.45, 2.75) is 6.54 Å². The highest BCUT2D eigenvalue weighted by Crippen LogP contribution is 2.22. The summed E-state index contributed by atoms with van der Waals surface area (Å²) in [7, 11) is 1.47. The van der Waals surface area contributed by atoms with Gasteiger partial charge in [0.2, 0.25) is 0 Å². The monoisotopic (exact) mass is 237 g/mol. The van der Waals surface area contributed by atoms with Crippen LogP contribution >= 0.6 is 0 Å². The molecule has 17 heavy (non-hydrogen) atoms. The zero-order valence-electron chi connectivity index (χ0n) is 9.69. The lowest BCUT2D eigenvalue weighted by Gasteiger charge is -2.08. The maximum atomic E-state index is 11.6. The molecule has 0 unspecified atom stereocenters. The summed E-state index contributed by atoms with van der Waals surface area (Å²) >= 11 is 0. The van der Waals surface area contributed by atoms with Gasteiger partial charge in [-0.05, 0) is 12.1 Å². The maximum Gasteiger partial charge on any atom is 0.340 e. The second-order valence-electron chi connectivity index (χ2n) is 3.69. The average molecular weight is 237 g/mol. The minimum atomic E-state index is -0.407. The third kappa shape index (κ3) is 2.95. The van der Waals surface area contributed by atoms with Crippen molar-refractivity contribution in [1.29, 1.82) is 0 Å². The Bertz CT molecular complexity index is 405. The van der Waals surface area contributed by atoms with Crippen molar-refractivity contribution in [3.8, 4) is 5.75 Å². The molecule has 1 N–H and O–H groups in total. The average Bonchev–Trinajstić information content (AvgIpc) is 2.60. The van der Waals surface area contributed by atoms with Crippen molar-refractivity contribution in [2.75, 3.05) is 27.1 Å². The van der Waals surface area contributed by atoms with Crippen LogP contribution in [0.25, 0.3) is 0 Å². The summed E-state index contributed by atoms with van der Waals surface area (Å²) in [4.78, 5) is 11.6. The van der Waals surface area contributed by atoms with Crippen molar-refractivity contribution >= 4 is 5.97 Å². The van der Waals surface area contributed by atoms with Crippen LogP contribution in [0.1, 0.15) is 15.9 Å². The summed E-state index contributed by atoms with van der Waals surface area (Å²) in [6.45, 7) is 2.11. The first-order valence-electron chi connectivity index (χ1n) is 5.44. The number of hydrogen-bond acceptors (Lipinski definition) is 5. The van der Waals surface area contributed by atoms with Crippen LogP contribution in [0, 0.1) is 0 Å². The van der Waals surface area contributed by atoms with E-state index in [1.54, 1.807) is 12.1 Å². The number of ether oxygens (including phenoxy) is 3. The van der Waals surface area contributed by atoms with Gasteiger partial charge >= 0.3 is 5.97 Å². The van der Waals surface area contributed by atoms with Crippen LogP contribution in [0.15, 0.2) is 18.2 Å². The van der Waals surface area contributed by atoms with Gasteiger partial charge in [0.25, 0.3) is 0 Å². The number of esters is 1. The molecule has 1 aromatic rings. The SMILES string of the molecule is COCOC(=O)c1ccc2c(c1)OCCNC2. The quantitative estimate of drug-likeness (QED) is 0.626. The Morgan fingerprint density at radius 1 is 1.53 bits per heavy atom. The van der Waals surface area contributed by atoms with E-state index in [9.17, 15) is 4.79 Å². The predicted octanol–water partition coefficient (Wildman–Crippen LogP) is 0.929. The highest BCUT2D eigenvalue weighted by atomic mass is 16.7. The molecule has 0 saturated heterocycles. The lowest BCUT2D eigenvalue weighted by Crippen LogP contribution is -2.16. The molecule has 0 atom stereocenters. The number of rotatable bonds is 3. The van der Waals surface area contributed by atoms with E-state index in [1.165, 1.54) is 7.11 Å². The largest absolute Gasteiger partial charge is 0.492 e. The van der Waals surface area contributed by atoms with Gasteiger partial charge in [-0.25, -0.2) is 4.79 Å². The van der Waals surface area contributed by atoms with Crippen molar-refractivity contribution < 1.29 is 19.0 Å². The van der Waals surface area contributed by atoms with Gasteiger partial charge < -0.3 is 19.5 Å². The molecule has 1 aliphatic heterocycles. The topological polar surface area (TPSA) is 56.8 Å². The molecule has 0 saturated carbocycles. The minimum absolute atomic E-state index is 0.0433. The molecule has 1 aromatic carbocycles. The van der Waals surface area contributed by atoms with Crippen molar-refractivity contribution in [2.24, 2.45) is 0 Å². The van der Waals surface area contributed by atoms with Crippen LogP contribution in [-0.2, 0) is 16.0 Å². The fourth-order valence-corrected chi connectivity index (χ4v) is 1.61. The molecule has 0 aliphatic carbocycles. The molecule has 0 radical (unpaired) electrons. The molecule has 0 fully saturated rings. The van der Waals surface area contributed by atoms with Crippen LogP contribution in [0.5, 0.6) is 5.75 Å². The van der Waals surface area contributed by atoms with Gasteiger partial charge in [-0.3, -0.25) is 0 Å². The standard InChI is InChI=1S/C12H15NO4/c1-15-8-17-12(14)9-2-3-10-7-13-4-5-16-11(10)6-9/h2-3,6,13H,4-5,7-8H2,1H3. The highest BCUT2D eigenvalue weighted by Gasteiger charge is 2.13. The van der Waals surface area contributed by atoms with Crippen LogP contribution < -0.4 is 10.1 Å². The number of hydrogen-bond donors (Lipinski definition) is 1. The molecule has 0 bridgehead atoms. The Balaban J connectivity index is 2.14. The molecule has 5 heteroatoms. The number of carbonyl (C=O) groups excluding carboxylic acids is 1. The van der Waals surface area contributed by atoms with Crippen LogP contribution in [0.4, 0.5) is 0 Å². The fourth-order valence-electron chi connectivity index (χ4n) is 1.61. The molecule has 0 spiro atoms. The molecular weight excluding hydrogens is 222 g/mol. The van der Waals surface area contributed by atoms with Crippen molar-refractivity contribution in [3.05, 3.63) is 29.3 Å². The first kappa shape index (κ1) is 11.9. The minimum Gasteiger partial charge on any atom is -0.492 e. The molecule has 1 aliphatic rings. The molecular formula is C12H15NO4. The Labute approximate surface area is 99.7 Å². The zero-order valence-corrected chi connectivity index (χ0v) is 9.69. The number of fused-ring (bicyclic) bond motifs is 1. The maximum absolute atomic E-state index is 11.6. The lowest BCUT2D eigenvalue weighted by atomic mass is 10.1. The summed E-state index contributed by atoms with van der Waals surface area (Å²) in [5.41, 5.74) is 1.52. The normalized spacial score (nSPS) is 14.4. The van der Waals surface area contributed by atoms with Crippen molar-refractivity contribution in [3.63, 3.8) is 0 Å². The van der Waals surface area contributed by atoms with Gasteiger partial charge in [0.1, 0.15) is 12.4 Å².